The summed E-state index contributed by atoms with van der Waals surface area (Å²) < 4.78 is 39.3. The molecular formula is C55H63F3. The van der Waals surface area contributed by atoms with Crippen molar-refractivity contribution in [3.63, 3.8) is 0 Å². The molecule has 0 spiro atoms. The van der Waals surface area contributed by atoms with E-state index in [9.17, 15) is 13.2 Å². The first-order valence-electron chi connectivity index (χ1n) is 20.7. The molecule has 0 atom stereocenters. The molecule has 7 aromatic carbocycles. The lowest BCUT2D eigenvalue weighted by Crippen LogP contribution is -2.10. The molecule has 304 valence electrons. The van der Waals surface area contributed by atoms with Gasteiger partial charge in [-0.2, -0.15) is 13.2 Å². The molecule has 0 radical (unpaired) electrons. The summed E-state index contributed by atoms with van der Waals surface area (Å²) in [5.41, 5.74) is 8.12. The largest absolute Gasteiger partial charge is 0.417 e. The highest BCUT2D eigenvalue weighted by Gasteiger charge is 2.34. The maximum absolute atomic E-state index is 13.1. The fourth-order valence-corrected chi connectivity index (χ4v) is 6.80. The summed E-state index contributed by atoms with van der Waals surface area (Å²) in [4.78, 5) is 0. The zero-order valence-corrected chi connectivity index (χ0v) is 36.8. The lowest BCUT2D eigenvalue weighted by atomic mass is 9.85. The van der Waals surface area contributed by atoms with Gasteiger partial charge in [0.2, 0.25) is 0 Å². The van der Waals surface area contributed by atoms with Gasteiger partial charge in [0.05, 0.1) is 5.56 Å². The van der Waals surface area contributed by atoms with E-state index >= 15 is 0 Å². The van der Waals surface area contributed by atoms with Crippen LogP contribution >= 0.6 is 0 Å². The van der Waals surface area contributed by atoms with Crippen molar-refractivity contribution >= 4 is 37.9 Å². The zero-order valence-electron chi connectivity index (χ0n) is 36.8. The zero-order chi connectivity index (χ0) is 43.4. The van der Waals surface area contributed by atoms with Gasteiger partial charge in [0.1, 0.15) is 0 Å². The van der Waals surface area contributed by atoms with E-state index in [0.29, 0.717) is 11.1 Å². The van der Waals surface area contributed by atoms with Crippen LogP contribution in [0.5, 0.6) is 0 Å². The molecule has 0 heterocycles. The highest BCUT2D eigenvalue weighted by atomic mass is 19.4. The molecule has 0 aliphatic rings. The molecule has 0 unspecified atom stereocenters. The molecule has 7 rings (SSSR count). The van der Waals surface area contributed by atoms with Gasteiger partial charge < -0.3 is 0 Å². The number of allylic oxidation sites excluding steroid dienone is 5. The fraction of sp³-hybridized carbons (Fsp3) is 0.236. The Morgan fingerprint density at radius 1 is 0.517 bits per heavy atom. The Labute approximate surface area is 347 Å². The number of aryl methyl sites for hydroxylation is 2. The Kier molecular flexibility index (Phi) is 20.2. The highest BCUT2D eigenvalue weighted by Crippen LogP contribution is 2.44. The molecule has 0 aromatic heterocycles. The van der Waals surface area contributed by atoms with Crippen LogP contribution in [0, 0.1) is 13.8 Å². The maximum atomic E-state index is 13.1. The van der Waals surface area contributed by atoms with Crippen LogP contribution in [0.1, 0.15) is 91.5 Å². The van der Waals surface area contributed by atoms with Gasteiger partial charge in [-0.1, -0.05) is 213 Å². The summed E-state index contributed by atoms with van der Waals surface area (Å²) in [7, 11) is 0. The van der Waals surface area contributed by atoms with E-state index in [0.717, 1.165) is 11.6 Å². The second-order valence-electron chi connectivity index (χ2n) is 12.8. The summed E-state index contributed by atoms with van der Waals surface area (Å²) >= 11 is 0. The van der Waals surface area contributed by atoms with Crippen LogP contribution in [0.25, 0.3) is 60.1 Å². The van der Waals surface area contributed by atoms with Crippen molar-refractivity contribution in [1.82, 2.24) is 0 Å². The van der Waals surface area contributed by atoms with Crippen LogP contribution in [0.4, 0.5) is 13.2 Å². The second-order valence-corrected chi connectivity index (χ2v) is 12.8. The number of fused-ring (bicyclic) bond motifs is 3. The predicted molar refractivity (Wildman–Crippen MR) is 254 cm³/mol. The van der Waals surface area contributed by atoms with Crippen molar-refractivity contribution < 1.29 is 13.2 Å². The standard InChI is InChI=1S/C31H22.C16H17F3.4C2H6/c1-21-15-16-24-20-25(18-17-23(24)19-21)31-28-13-7-5-11-26(28)30(22-9-3-2-4-10-22)27-12-6-8-14-29(27)31;1-5-6-9-13(11(2)3)15-12(4)8-7-10-14(15)16(17,18)19;4*1-2/h2-20H,1H3;5-10H,1H2,2-4H3;4*1-2H3/b;9-6-;;;;. The van der Waals surface area contributed by atoms with Crippen molar-refractivity contribution in [1.29, 1.82) is 0 Å². The minimum Gasteiger partial charge on any atom is -0.166 e. The Morgan fingerprint density at radius 3 is 1.47 bits per heavy atom. The van der Waals surface area contributed by atoms with Crippen LogP contribution < -0.4 is 0 Å². The molecule has 58 heavy (non-hydrogen) atoms. The third kappa shape index (κ3) is 11.7. The van der Waals surface area contributed by atoms with Crippen LogP contribution in [0.15, 0.2) is 164 Å². The number of benzene rings is 7. The number of hydrogen-bond acceptors (Lipinski definition) is 0. The van der Waals surface area contributed by atoms with Gasteiger partial charge in [0.25, 0.3) is 0 Å². The summed E-state index contributed by atoms with van der Waals surface area (Å²) in [5, 5.41) is 7.76. The van der Waals surface area contributed by atoms with Crippen LogP contribution in [-0.4, -0.2) is 0 Å². The SMILES string of the molecule is C=C/C=C\C(=C(C)C)c1c(C)cccc1C(F)(F)F.CC.CC.CC.CC.Cc1ccc2cc(-c3c4ccccc4c(-c4ccccc4)c4ccccc34)ccc2c1. The van der Waals surface area contributed by atoms with Crippen LogP contribution in [0.3, 0.4) is 0 Å². The molecule has 0 fully saturated rings. The average molecular weight is 781 g/mol. The van der Waals surface area contributed by atoms with Crippen molar-refractivity contribution in [2.75, 3.05) is 0 Å². The van der Waals surface area contributed by atoms with Gasteiger partial charge >= 0.3 is 6.18 Å². The molecule has 7 aromatic rings. The van der Waals surface area contributed by atoms with Gasteiger partial charge in [-0.3, -0.25) is 0 Å². The minimum atomic E-state index is -4.36. The first kappa shape index (κ1) is 48.5. The fourth-order valence-electron chi connectivity index (χ4n) is 6.80. The van der Waals surface area contributed by atoms with Crippen molar-refractivity contribution in [3.8, 4) is 22.3 Å². The highest BCUT2D eigenvalue weighted by molar-refractivity contribution is 6.21. The topological polar surface area (TPSA) is 0 Å². The Morgan fingerprint density at radius 2 is 0.983 bits per heavy atom. The second kappa shape index (κ2) is 24.2. The molecule has 0 aliphatic carbocycles. The van der Waals surface area contributed by atoms with Gasteiger partial charge in [-0.25, -0.2) is 0 Å². The quantitative estimate of drug-likeness (QED) is 0.121. The van der Waals surface area contributed by atoms with E-state index in [2.05, 4.69) is 129 Å². The summed E-state index contributed by atoms with van der Waals surface area (Å²) in [6, 6.07) is 46.2. The van der Waals surface area contributed by atoms with E-state index in [-0.39, 0.29) is 5.56 Å². The van der Waals surface area contributed by atoms with Gasteiger partial charge in [0, 0.05) is 0 Å². The monoisotopic (exact) mass is 780 g/mol. The Hall–Kier alpha value is -5.67. The predicted octanol–water partition coefficient (Wildman–Crippen LogP) is 18.4. The molecule has 0 saturated heterocycles. The molecule has 0 bridgehead atoms. The third-order valence-corrected chi connectivity index (χ3v) is 9.06. The number of rotatable bonds is 5. The van der Waals surface area contributed by atoms with Crippen molar-refractivity contribution in [2.45, 2.75) is 89.3 Å². The van der Waals surface area contributed by atoms with Crippen LogP contribution in [-0.2, 0) is 6.18 Å². The molecule has 0 amide bonds. The summed E-state index contributed by atoms with van der Waals surface area (Å²) in [5.74, 6) is 0. The van der Waals surface area contributed by atoms with Crippen molar-refractivity contribution in [3.05, 3.63) is 186 Å². The van der Waals surface area contributed by atoms with E-state index in [1.54, 1.807) is 45.1 Å². The van der Waals surface area contributed by atoms with Crippen LogP contribution in [0.2, 0.25) is 0 Å². The number of hydrogen-bond donors (Lipinski definition) is 0. The van der Waals surface area contributed by atoms with E-state index in [1.807, 2.05) is 55.4 Å². The molecule has 0 N–H and O–H groups in total. The Balaban J connectivity index is 0.000000372. The molecule has 3 heteroatoms. The van der Waals surface area contributed by atoms with E-state index in [4.69, 9.17) is 0 Å². The first-order valence-corrected chi connectivity index (χ1v) is 20.7. The Bertz CT molecular complexity index is 2350. The molecule has 0 nitrogen and oxygen atoms in total. The third-order valence-electron chi connectivity index (χ3n) is 9.06. The molecule has 0 aliphatic heterocycles. The number of halogens is 3. The maximum Gasteiger partial charge on any atom is 0.417 e. The minimum absolute atomic E-state index is 0.244. The summed E-state index contributed by atoms with van der Waals surface area (Å²) in [6.45, 7) is 27.0. The smallest absolute Gasteiger partial charge is 0.166 e. The van der Waals surface area contributed by atoms with Gasteiger partial charge in [-0.05, 0) is 111 Å². The summed E-state index contributed by atoms with van der Waals surface area (Å²) in [6.07, 6.45) is 0.507. The lowest BCUT2D eigenvalue weighted by Gasteiger charge is -2.18. The molecule has 0 saturated carbocycles. The molecular weight excluding hydrogens is 718 g/mol. The van der Waals surface area contributed by atoms with Gasteiger partial charge in [0.15, 0.2) is 0 Å². The average Bonchev–Trinajstić information content (AvgIpc) is 3.26. The number of alkyl halides is 3. The first-order chi connectivity index (χ1) is 28.1. The van der Waals surface area contributed by atoms with E-state index < -0.39 is 11.7 Å². The normalized spacial score (nSPS) is 10.3. The van der Waals surface area contributed by atoms with Crippen molar-refractivity contribution in [2.24, 2.45) is 0 Å². The van der Waals surface area contributed by atoms with Gasteiger partial charge in [-0.15, -0.1) is 0 Å². The lowest BCUT2D eigenvalue weighted by molar-refractivity contribution is -0.137. The van der Waals surface area contributed by atoms with E-state index in [1.165, 1.54) is 66.2 Å².